The van der Waals surface area contributed by atoms with Crippen molar-refractivity contribution in [3.05, 3.63) is 0 Å². The van der Waals surface area contributed by atoms with Crippen LogP contribution < -0.4 is 5.32 Å². The minimum absolute atomic E-state index is 0.583. The van der Waals surface area contributed by atoms with Gasteiger partial charge in [-0.25, -0.2) is 0 Å². The maximum absolute atomic E-state index is 3.63. The molecule has 5 unspecified atom stereocenters. The van der Waals surface area contributed by atoms with Crippen molar-refractivity contribution in [2.45, 2.75) is 73.1 Å². The predicted octanol–water partition coefficient (Wildman–Crippen LogP) is 5.11. The average molecular weight is 280 g/mol. The van der Waals surface area contributed by atoms with E-state index in [0.29, 0.717) is 5.41 Å². The third-order valence-electron chi connectivity index (χ3n) is 6.49. The summed E-state index contributed by atoms with van der Waals surface area (Å²) in [5.74, 6) is 4.82. The van der Waals surface area contributed by atoms with E-state index in [0.717, 1.165) is 36.1 Å². The molecule has 0 bridgehead atoms. The third kappa shape index (κ3) is 4.00. The van der Waals surface area contributed by atoms with E-state index in [9.17, 15) is 0 Å². The lowest BCUT2D eigenvalue weighted by molar-refractivity contribution is 0.0383. The van der Waals surface area contributed by atoms with Crippen LogP contribution in [0.25, 0.3) is 0 Å². The van der Waals surface area contributed by atoms with E-state index in [-0.39, 0.29) is 0 Å². The molecular formula is C19H37N. The van der Waals surface area contributed by atoms with Gasteiger partial charge in [-0.3, -0.25) is 0 Å². The topological polar surface area (TPSA) is 12.0 Å². The zero-order valence-electron chi connectivity index (χ0n) is 14.5. The van der Waals surface area contributed by atoms with Crippen molar-refractivity contribution in [3.8, 4) is 0 Å². The summed E-state index contributed by atoms with van der Waals surface area (Å²) in [6.07, 6.45) is 8.80. The smallest absolute Gasteiger partial charge is 0.00179 e. The van der Waals surface area contributed by atoms with E-state index < -0.39 is 0 Å². The lowest BCUT2D eigenvalue weighted by Crippen LogP contribution is -2.41. The summed E-state index contributed by atoms with van der Waals surface area (Å²) < 4.78 is 0. The highest BCUT2D eigenvalue weighted by Crippen LogP contribution is 2.49. The van der Waals surface area contributed by atoms with Crippen LogP contribution in [0.4, 0.5) is 0 Å². The van der Waals surface area contributed by atoms with Crippen LogP contribution in [0.2, 0.25) is 0 Å². The van der Waals surface area contributed by atoms with Crippen molar-refractivity contribution in [2.24, 2.45) is 35.0 Å². The molecule has 0 radical (unpaired) electrons. The fourth-order valence-corrected chi connectivity index (χ4v) is 4.81. The molecule has 0 spiro atoms. The van der Waals surface area contributed by atoms with Gasteiger partial charge >= 0.3 is 0 Å². The summed E-state index contributed by atoms with van der Waals surface area (Å²) in [6, 6.07) is 0. The van der Waals surface area contributed by atoms with Gasteiger partial charge in [0.25, 0.3) is 0 Å². The molecule has 0 aliphatic heterocycles. The molecular weight excluding hydrogens is 242 g/mol. The summed E-state index contributed by atoms with van der Waals surface area (Å²) in [4.78, 5) is 0. The second kappa shape index (κ2) is 6.81. The monoisotopic (exact) mass is 279 g/mol. The minimum Gasteiger partial charge on any atom is -0.317 e. The largest absolute Gasteiger partial charge is 0.317 e. The van der Waals surface area contributed by atoms with Crippen LogP contribution in [0.15, 0.2) is 0 Å². The molecule has 118 valence electrons. The molecule has 2 aliphatic rings. The molecule has 1 N–H and O–H groups in total. The standard InChI is InChI=1S/C19H37N/c1-6-20-13-17-9-10-19(4,5)12-18(17)16-8-7-14(2)15(3)11-16/h14-18,20H,6-13H2,1-5H3. The molecule has 2 aliphatic carbocycles. The lowest BCUT2D eigenvalue weighted by Gasteiger charge is -2.47. The third-order valence-corrected chi connectivity index (χ3v) is 6.49. The Morgan fingerprint density at radius 1 is 1.05 bits per heavy atom. The van der Waals surface area contributed by atoms with Crippen molar-refractivity contribution >= 4 is 0 Å². The Morgan fingerprint density at radius 2 is 1.80 bits per heavy atom. The molecule has 0 aromatic rings. The Kier molecular flexibility index (Phi) is 5.56. The molecule has 0 saturated heterocycles. The van der Waals surface area contributed by atoms with Crippen LogP contribution in [0.3, 0.4) is 0 Å². The molecule has 1 heteroatoms. The quantitative estimate of drug-likeness (QED) is 0.754. The van der Waals surface area contributed by atoms with E-state index in [2.05, 4.69) is 39.9 Å². The van der Waals surface area contributed by atoms with Gasteiger partial charge in [-0.1, -0.05) is 41.0 Å². The highest BCUT2D eigenvalue weighted by atomic mass is 14.8. The number of nitrogens with one attached hydrogen (secondary N) is 1. The predicted molar refractivity (Wildman–Crippen MR) is 88.8 cm³/mol. The first kappa shape index (κ1) is 16.3. The molecule has 20 heavy (non-hydrogen) atoms. The summed E-state index contributed by atoms with van der Waals surface area (Å²) in [7, 11) is 0. The van der Waals surface area contributed by atoms with Gasteiger partial charge in [0.1, 0.15) is 0 Å². The normalized spacial score (nSPS) is 41.5. The van der Waals surface area contributed by atoms with Crippen molar-refractivity contribution in [2.75, 3.05) is 13.1 Å². The molecule has 0 heterocycles. The highest BCUT2D eigenvalue weighted by molar-refractivity contribution is 4.91. The van der Waals surface area contributed by atoms with Gasteiger partial charge in [-0.2, -0.15) is 0 Å². The van der Waals surface area contributed by atoms with Crippen LogP contribution in [0.1, 0.15) is 73.1 Å². The summed E-state index contributed by atoms with van der Waals surface area (Å²) in [5.41, 5.74) is 0.583. The number of hydrogen-bond donors (Lipinski definition) is 1. The Labute approximate surface area is 127 Å². The van der Waals surface area contributed by atoms with E-state index in [1.165, 1.54) is 45.1 Å². The molecule has 0 aromatic heterocycles. The van der Waals surface area contributed by atoms with E-state index in [1.54, 1.807) is 0 Å². The zero-order valence-corrected chi connectivity index (χ0v) is 14.5. The lowest BCUT2D eigenvalue weighted by atomic mass is 9.59. The van der Waals surface area contributed by atoms with Gasteiger partial charge in [0.2, 0.25) is 0 Å². The van der Waals surface area contributed by atoms with Crippen molar-refractivity contribution in [3.63, 3.8) is 0 Å². The number of rotatable bonds is 4. The molecule has 5 atom stereocenters. The van der Waals surface area contributed by atoms with Crippen LogP contribution >= 0.6 is 0 Å². The highest BCUT2D eigenvalue weighted by Gasteiger charge is 2.40. The van der Waals surface area contributed by atoms with Crippen LogP contribution in [-0.2, 0) is 0 Å². The Bertz CT molecular complexity index is 296. The van der Waals surface area contributed by atoms with Gasteiger partial charge in [0, 0.05) is 0 Å². The van der Waals surface area contributed by atoms with Gasteiger partial charge in [0.15, 0.2) is 0 Å². The van der Waals surface area contributed by atoms with Crippen molar-refractivity contribution in [1.29, 1.82) is 0 Å². The molecule has 0 aromatic carbocycles. The second-order valence-electron chi connectivity index (χ2n) is 8.67. The number of hydrogen-bond acceptors (Lipinski definition) is 1. The molecule has 1 nitrogen and oxygen atoms in total. The average Bonchev–Trinajstić information content (AvgIpc) is 2.40. The summed E-state index contributed by atoms with van der Waals surface area (Å²) >= 11 is 0. The first-order valence-corrected chi connectivity index (χ1v) is 9.13. The van der Waals surface area contributed by atoms with Crippen molar-refractivity contribution in [1.82, 2.24) is 5.32 Å². The van der Waals surface area contributed by atoms with Gasteiger partial charge in [-0.15, -0.1) is 0 Å². The van der Waals surface area contributed by atoms with Crippen LogP contribution in [0, 0.1) is 35.0 Å². The van der Waals surface area contributed by atoms with E-state index >= 15 is 0 Å². The molecule has 2 rings (SSSR count). The second-order valence-corrected chi connectivity index (χ2v) is 8.67. The summed E-state index contributed by atoms with van der Waals surface area (Å²) in [6.45, 7) is 14.6. The maximum atomic E-state index is 3.63. The fourth-order valence-electron chi connectivity index (χ4n) is 4.81. The van der Waals surface area contributed by atoms with Gasteiger partial charge in [-0.05, 0) is 80.2 Å². The van der Waals surface area contributed by atoms with E-state index in [4.69, 9.17) is 0 Å². The van der Waals surface area contributed by atoms with E-state index in [1.807, 2.05) is 0 Å². The molecule has 2 saturated carbocycles. The Balaban J connectivity index is 2.02. The molecule has 0 amide bonds. The maximum Gasteiger partial charge on any atom is -0.00179 e. The Hall–Kier alpha value is -0.0400. The SMILES string of the molecule is CCNCC1CCC(C)(C)CC1C1CCC(C)C(C)C1. The van der Waals surface area contributed by atoms with Crippen LogP contribution in [0.5, 0.6) is 0 Å². The first-order valence-electron chi connectivity index (χ1n) is 9.13. The zero-order chi connectivity index (χ0) is 14.8. The fraction of sp³-hybridized carbons (Fsp3) is 1.00. The van der Waals surface area contributed by atoms with Crippen molar-refractivity contribution < 1.29 is 0 Å². The first-order chi connectivity index (χ1) is 9.43. The Morgan fingerprint density at radius 3 is 2.45 bits per heavy atom. The minimum atomic E-state index is 0.583. The van der Waals surface area contributed by atoms with Gasteiger partial charge < -0.3 is 5.32 Å². The molecule has 2 fully saturated rings. The van der Waals surface area contributed by atoms with Crippen LogP contribution in [-0.4, -0.2) is 13.1 Å². The van der Waals surface area contributed by atoms with Gasteiger partial charge in [0.05, 0.1) is 0 Å². The summed E-state index contributed by atoms with van der Waals surface area (Å²) in [5, 5.41) is 3.63.